The van der Waals surface area contributed by atoms with Crippen molar-refractivity contribution in [3.05, 3.63) is 64.7 Å². The van der Waals surface area contributed by atoms with Crippen LogP contribution >= 0.6 is 0 Å². The molecule has 3 heteroatoms. The lowest BCUT2D eigenvalue weighted by molar-refractivity contribution is 0.0601. The highest BCUT2D eigenvalue weighted by molar-refractivity contribution is 5.89. The molecule has 2 aromatic rings. The summed E-state index contributed by atoms with van der Waals surface area (Å²) in [5.74, 6) is -0.314. The van der Waals surface area contributed by atoms with Crippen LogP contribution in [-0.2, 0) is 11.3 Å². The average Bonchev–Trinajstić information content (AvgIpc) is 2.46. The number of rotatable bonds is 4. The molecule has 20 heavy (non-hydrogen) atoms. The van der Waals surface area contributed by atoms with E-state index in [4.69, 9.17) is 0 Å². The van der Waals surface area contributed by atoms with Gasteiger partial charge in [0, 0.05) is 12.2 Å². The van der Waals surface area contributed by atoms with E-state index in [-0.39, 0.29) is 5.97 Å². The smallest absolute Gasteiger partial charge is 0.337 e. The zero-order valence-electron chi connectivity index (χ0n) is 12.1. The Kier molecular flexibility index (Phi) is 4.41. The summed E-state index contributed by atoms with van der Waals surface area (Å²) in [4.78, 5) is 11.4. The molecule has 0 saturated carbocycles. The third kappa shape index (κ3) is 3.18. The van der Waals surface area contributed by atoms with Gasteiger partial charge >= 0.3 is 5.97 Å². The molecular weight excluding hydrogens is 250 g/mol. The Morgan fingerprint density at radius 2 is 1.65 bits per heavy atom. The van der Waals surface area contributed by atoms with E-state index in [0.717, 1.165) is 12.2 Å². The van der Waals surface area contributed by atoms with Crippen molar-refractivity contribution in [3.63, 3.8) is 0 Å². The third-order valence-corrected chi connectivity index (χ3v) is 3.42. The number of methoxy groups -OCH3 is 1. The first-order valence-corrected chi connectivity index (χ1v) is 6.59. The van der Waals surface area contributed by atoms with Crippen LogP contribution in [0.3, 0.4) is 0 Å². The van der Waals surface area contributed by atoms with Gasteiger partial charge in [0.2, 0.25) is 0 Å². The summed E-state index contributed by atoms with van der Waals surface area (Å²) in [6.45, 7) is 5.00. The molecule has 0 heterocycles. The van der Waals surface area contributed by atoms with Crippen molar-refractivity contribution in [2.45, 2.75) is 20.4 Å². The highest BCUT2D eigenvalue weighted by atomic mass is 16.5. The van der Waals surface area contributed by atoms with Gasteiger partial charge in [-0.15, -0.1) is 0 Å². The van der Waals surface area contributed by atoms with Crippen LogP contribution in [0.25, 0.3) is 0 Å². The lowest BCUT2D eigenvalue weighted by Gasteiger charge is -2.12. The van der Waals surface area contributed by atoms with Crippen molar-refractivity contribution in [2.75, 3.05) is 12.4 Å². The molecular formula is C17H19NO2. The van der Waals surface area contributed by atoms with E-state index in [1.165, 1.54) is 23.8 Å². The summed E-state index contributed by atoms with van der Waals surface area (Å²) in [6.07, 6.45) is 0. The van der Waals surface area contributed by atoms with Gasteiger partial charge in [-0.2, -0.15) is 0 Å². The molecule has 0 aliphatic carbocycles. The van der Waals surface area contributed by atoms with Gasteiger partial charge in [-0.05, 0) is 54.8 Å². The molecule has 0 atom stereocenters. The Balaban J connectivity index is 2.06. The SMILES string of the molecule is COC(=O)c1ccc(NCc2c(C)cccc2C)cc1. The van der Waals surface area contributed by atoms with Crippen molar-refractivity contribution in [2.24, 2.45) is 0 Å². The number of hydrogen-bond donors (Lipinski definition) is 1. The predicted molar refractivity (Wildman–Crippen MR) is 81.0 cm³/mol. The number of ether oxygens (including phenoxy) is 1. The van der Waals surface area contributed by atoms with E-state index >= 15 is 0 Å². The van der Waals surface area contributed by atoms with Crippen LogP contribution < -0.4 is 5.32 Å². The quantitative estimate of drug-likeness (QED) is 0.860. The second-order valence-corrected chi connectivity index (χ2v) is 4.79. The maximum Gasteiger partial charge on any atom is 0.337 e. The fourth-order valence-corrected chi connectivity index (χ4v) is 2.16. The molecule has 0 aliphatic heterocycles. The van der Waals surface area contributed by atoms with Crippen molar-refractivity contribution in [1.29, 1.82) is 0 Å². The molecule has 0 aromatic heterocycles. The van der Waals surface area contributed by atoms with Crippen molar-refractivity contribution < 1.29 is 9.53 Å². The lowest BCUT2D eigenvalue weighted by Crippen LogP contribution is -2.04. The molecule has 3 nitrogen and oxygen atoms in total. The number of anilines is 1. The van der Waals surface area contributed by atoms with Crippen LogP contribution in [-0.4, -0.2) is 13.1 Å². The van der Waals surface area contributed by atoms with Gasteiger partial charge < -0.3 is 10.1 Å². The number of carbonyl (C=O) groups excluding carboxylic acids is 1. The number of benzene rings is 2. The average molecular weight is 269 g/mol. The van der Waals surface area contributed by atoms with Gasteiger partial charge in [0.15, 0.2) is 0 Å². The Hall–Kier alpha value is -2.29. The zero-order chi connectivity index (χ0) is 14.5. The summed E-state index contributed by atoms with van der Waals surface area (Å²) in [5, 5.41) is 3.37. The van der Waals surface area contributed by atoms with E-state index in [2.05, 4.69) is 42.1 Å². The first kappa shape index (κ1) is 14.1. The zero-order valence-corrected chi connectivity index (χ0v) is 12.1. The first-order valence-electron chi connectivity index (χ1n) is 6.59. The second-order valence-electron chi connectivity index (χ2n) is 4.79. The van der Waals surface area contributed by atoms with Crippen LogP contribution in [0.4, 0.5) is 5.69 Å². The molecule has 2 aromatic carbocycles. The number of hydrogen-bond acceptors (Lipinski definition) is 3. The van der Waals surface area contributed by atoms with Crippen LogP contribution in [0.1, 0.15) is 27.0 Å². The lowest BCUT2D eigenvalue weighted by atomic mass is 10.0. The summed E-state index contributed by atoms with van der Waals surface area (Å²) in [7, 11) is 1.38. The number of carbonyl (C=O) groups is 1. The van der Waals surface area contributed by atoms with Crippen LogP contribution in [0.2, 0.25) is 0 Å². The molecule has 0 aliphatic rings. The van der Waals surface area contributed by atoms with E-state index < -0.39 is 0 Å². The molecule has 2 rings (SSSR count). The molecule has 0 radical (unpaired) electrons. The number of nitrogens with one attached hydrogen (secondary N) is 1. The fraction of sp³-hybridized carbons (Fsp3) is 0.235. The van der Waals surface area contributed by atoms with Crippen molar-refractivity contribution >= 4 is 11.7 Å². The van der Waals surface area contributed by atoms with Crippen molar-refractivity contribution in [1.82, 2.24) is 0 Å². The van der Waals surface area contributed by atoms with Gasteiger partial charge in [-0.1, -0.05) is 18.2 Å². The normalized spacial score (nSPS) is 10.2. The molecule has 0 spiro atoms. The Morgan fingerprint density at radius 3 is 2.20 bits per heavy atom. The van der Waals surface area contributed by atoms with E-state index in [1.54, 1.807) is 12.1 Å². The molecule has 0 unspecified atom stereocenters. The molecule has 0 saturated heterocycles. The summed E-state index contributed by atoms with van der Waals surface area (Å²) in [5.41, 5.74) is 5.42. The third-order valence-electron chi connectivity index (χ3n) is 3.42. The van der Waals surface area contributed by atoms with Gasteiger partial charge in [0.1, 0.15) is 0 Å². The molecule has 104 valence electrons. The van der Waals surface area contributed by atoms with Crippen LogP contribution in [0.15, 0.2) is 42.5 Å². The fourth-order valence-electron chi connectivity index (χ4n) is 2.16. The van der Waals surface area contributed by atoms with E-state index in [1.807, 2.05) is 12.1 Å². The maximum absolute atomic E-state index is 11.4. The minimum absolute atomic E-state index is 0.314. The minimum atomic E-state index is -0.314. The highest BCUT2D eigenvalue weighted by Crippen LogP contribution is 2.16. The van der Waals surface area contributed by atoms with Gasteiger partial charge in [-0.25, -0.2) is 4.79 Å². The summed E-state index contributed by atoms with van der Waals surface area (Å²) >= 11 is 0. The summed E-state index contributed by atoms with van der Waals surface area (Å²) < 4.78 is 4.68. The Bertz CT molecular complexity index is 583. The first-order chi connectivity index (χ1) is 9.61. The van der Waals surface area contributed by atoms with E-state index in [9.17, 15) is 4.79 Å². The number of esters is 1. The standard InChI is InChI=1S/C17H19NO2/c1-12-5-4-6-13(2)16(12)11-18-15-9-7-14(8-10-15)17(19)20-3/h4-10,18H,11H2,1-3H3. The van der Waals surface area contributed by atoms with Crippen LogP contribution in [0.5, 0.6) is 0 Å². The van der Waals surface area contributed by atoms with Crippen LogP contribution in [0, 0.1) is 13.8 Å². The monoisotopic (exact) mass is 269 g/mol. The molecule has 1 N–H and O–H groups in total. The Labute approximate surface area is 119 Å². The van der Waals surface area contributed by atoms with E-state index in [0.29, 0.717) is 5.56 Å². The van der Waals surface area contributed by atoms with Gasteiger partial charge in [-0.3, -0.25) is 0 Å². The Morgan fingerprint density at radius 1 is 1.05 bits per heavy atom. The number of aryl methyl sites for hydroxylation is 2. The molecule has 0 fully saturated rings. The topological polar surface area (TPSA) is 38.3 Å². The molecule has 0 amide bonds. The van der Waals surface area contributed by atoms with Gasteiger partial charge in [0.25, 0.3) is 0 Å². The second kappa shape index (κ2) is 6.24. The largest absolute Gasteiger partial charge is 0.465 e. The minimum Gasteiger partial charge on any atom is -0.465 e. The van der Waals surface area contributed by atoms with Crippen molar-refractivity contribution in [3.8, 4) is 0 Å². The summed E-state index contributed by atoms with van der Waals surface area (Å²) in [6, 6.07) is 13.6. The van der Waals surface area contributed by atoms with Gasteiger partial charge in [0.05, 0.1) is 12.7 Å². The predicted octanol–water partition coefficient (Wildman–Crippen LogP) is 3.70. The molecule has 0 bridgehead atoms. The maximum atomic E-state index is 11.4. The highest BCUT2D eigenvalue weighted by Gasteiger charge is 2.05.